The topological polar surface area (TPSA) is 40.5 Å². The highest BCUT2D eigenvalue weighted by atomic mass is 16.3. The first-order chi connectivity index (χ1) is 9.95. The summed E-state index contributed by atoms with van der Waals surface area (Å²) in [6, 6.07) is 0. The standard InChI is InChI=1S/C19H30O2/c1-18-9-7-13(20)11-12(18)3-4-14-15-5-6-17(21)19(15,2)10-8-16(14)18/h6,12-16,20-21H,3-5,7-11H2,1-2H3/t12?,13-,14-,15-,16-,18-,19-/m0/s1. The van der Waals surface area contributed by atoms with Gasteiger partial charge in [0.2, 0.25) is 0 Å². The molecular weight excluding hydrogens is 260 g/mol. The lowest BCUT2D eigenvalue weighted by molar-refractivity contribution is -0.121. The highest BCUT2D eigenvalue weighted by Gasteiger charge is 2.58. The Hall–Kier alpha value is -0.500. The largest absolute Gasteiger partial charge is 0.512 e. The number of fused-ring (bicyclic) bond motifs is 5. The number of hydrogen-bond donors (Lipinski definition) is 2. The molecule has 2 N–H and O–H groups in total. The van der Waals surface area contributed by atoms with Crippen molar-refractivity contribution in [2.45, 2.75) is 71.3 Å². The zero-order valence-corrected chi connectivity index (χ0v) is 13.5. The van der Waals surface area contributed by atoms with Gasteiger partial charge in [0.25, 0.3) is 0 Å². The van der Waals surface area contributed by atoms with Gasteiger partial charge in [-0.05, 0) is 86.5 Å². The van der Waals surface area contributed by atoms with Gasteiger partial charge in [-0.2, -0.15) is 0 Å². The zero-order valence-electron chi connectivity index (χ0n) is 13.5. The smallest absolute Gasteiger partial charge is 0.0944 e. The first-order valence-electron chi connectivity index (χ1n) is 9.03. The molecule has 2 heteroatoms. The molecule has 2 nitrogen and oxygen atoms in total. The fourth-order valence-electron chi connectivity index (χ4n) is 6.78. The van der Waals surface area contributed by atoms with Gasteiger partial charge in [-0.25, -0.2) is 0 Å². The van der Waals surface area contributed by atoms with E-state index < -0.39 is 0 Å². The lowest BCUT2D eigenvalue weighted by atomic mass is 9.45. The number of aliphatic hydroxyl groups excluding tert-OH is 2. The number of allylic oxidation sites excluding steroid dienone is 2. The van der Waals surface area contributed by atoms with Crippen molar-refractivity contribution in [2.24, 2.45) is 34.5 Å². The number of rotatable bonds is 0. The fraction of sp³-hybridized carbons (Fsp3) is 0.895. The van der Waals surface area contributed by atoms with Crippen LogP contribution in [0.4, 0.5) is 0 Å². The quantitative estimate of drug-likeness (QED) is 0.692. The molecule has 4 rings (SSSR count). The molecule has 0 amide bonds. The van der Waals surface area contributed by atoms with Crippen molar-refractivity contribution in [3.63, 3.8) is 0 Å². The van der Waals surface area contributed by atoms with Crippen LogP contribution in [0.1, 0.15) is 65.2 Å². The molecule has 3 fully saturated rings. The first-order valence-corrected chi connectivity index (χ1v) is 9.03. The van der Waals surface area contributed by atoms with Crippen LogP contribution in [0.15, 0.2) is 11.8 Å². The molecule has 0 aliphatic heterocycles. The maximum absolute atomic E-state index is 10.3. The van der Waals surface area contributed by atoms with E-state index in [-0.39, 0.29) is 11.5 Å². The van der Waals surface area contributed by atoms with E-state index in [0.717, 1.165) is 43.4 Å². The Labute approximate surface area is 128 Å². The lowest BCUT2D eigenvalue weighted by Gasteiger charge is -2.60. The van der Waals surface area contributed by atoms with Gasteiger partial charge in [-0.1, -0.05) is 13.8 Å². The van der Waals surface area contributed by atoms with Crippen LogP contribution in [0.2, 0.25) is 0 Å². The van der Waals surface area contributed by atoms with E-state index in [9.17, 15) is 10.2 Å². The Morgan fingerprint density at radius 1 is 1.05 bits per heavy atom. The van der Waals surface area contributed by atoms with Crippen molar-refractivity contribution in [1.29, 1.82) is 0 Å². The maximum Gasteiger partial charge on any atom is 0.0944 e. The second-order valence-corrected chi connectivity index (χ2v) is 8.87. The normalized spacial score (nSPS) is 56.1. The molecule has 21 heavy (non-hydrogen) atoms. The average Bonchev–Trinajstić information content (AvgIpc) is 2.76. The Morgan fingerprint density at radius 2 is 1.86 bits per heavy atom. The summed E-state index contributed by atoms with van der Waals surface area (Å²) in [5, 5.41) is 20.4. The summed E-state index contributed by atoms with van der Waals surface area (Å²) in [7, 11) is 0. The first kappa shape index (κ1) is 14.1. The van der Waals surface area contributed by atoms with E-state index in [1.54, 1.807) is 0 Å². The van der Waals surface area contributed by atoms with E-state index >= 15 is 0 Å². The molecule has 0 aromatic rings. The average molecular weight is 290 g/mol. The van der Waals surface area contributed by atoms with Crippen LogP contribution in [-0.2, 0) is 0 Å². The van der Waals surface area contributed by atoms with Gasteiger partial charge in [0.15, 0.2) is 0 Å². The summed E-state index contributed by atoms with van der Waals surface area (Å²) >= 11 is 0. The van der Waals surface area contributed by atoms with Crippen molar-refractivity contribution in [3.05, 3.63) is 11.8 Å². The summed E-state index contributed by atoms with van der Waals surface area (Å²) < 4.78 is 0. The van der Waals surface area contributed by atoms with Crippen molar-refractivity contribution in [3.8, 4) is 0 Å². The lowest BCUT2D eigenvalue weighted by Crippen LogP contribution is -2.53. The Balaban J connectivity index is 1.63. The molecule has 0 heterocycles. The Bertz CT molecular complexity index is 470. The van der Waals surface area contributed by atoms with Gasteiger partial charge >= 0.3 is 0 Å². The third-order valence-electron chi connectivity index (χ3n) is 8.18. The predicted octanol–water partition coefficient (Wildman–Crippen LogP) is 4.44. The van der Waals surface area contributed by atoms with E-state index in [1.807, 2.05) is 0 Å². The third-order valence-corrected chi connectivity index (χ3v) is 8.18. The zero-order chi connectivity index (χ0) is 14.8. The molecule has 0 spiro atoms. The van der Waals surface area contributed by atoms with Gasteiger partial charge in [0.1, 0.15) is 0 Å². The minimum atomic E-state index is -0.0503. The SMILES string of the molecule is C[C@]12CC[C@H](O)CC1CC[C@@H]1[C@@H]2CC[C@]2(C)C(O)=CC[C@@H]12. The van der Waals surface area contributed by atoms with Gasteiger partial charge in [-0.15, -0.1) is 0 Å². The molecule has 0 aromatic heterocycles. The van der Waals surface area contributed by atoms with Gasteiger partial charge in [0, 0.05) is 5.41 Å². The summed E-state index contributed by atoms with van der Waals surface area (Å²) in [6.07, 6.45) is 11.4. The van der Waals surface area contributed by atoms with Crippen LogP contribution in [0, 0.1) is 34.5 Å². The van der Waals surface area contributed by atoms with Crippen molar-refractivity contribution < 1.29 is 10.2 Å². The minimum absolute atomic E-state index is 0.0503. The third kappa shape index (κ3) is 1.81. The van der Waals surface area contributed by atoms with Crippen LogP contribution < -0.4 is 0 Å². The van der Waals surface area contributed by atoms with Crippen LogP contribution in [0.25, 0.3) is 0 Å². The van der Waals surface area contributed by atoms with Crippen molar-refractivity contribution >= 4 is 0 Å². The van der Waals surface area contributed by atoms with Crippen LogP contribution in [-0.4, -0.2) is 16.3 Å². The highest BCUT2D eigenvalue weighted by molar-refractivity contribution is 5.20. The van der Waals surface area contributed by atoms with E-state index in [1.165, 1.54) is 25.7 Å². The van der Waals surface area contributed by atoms with Crippen LogP contribution in [0.3, 0.4) is 0 Å². The molecule has 0 aromatic carbocycles. The fourth-order valence-corrected chi connectivity index (χ4v) is 6.78. The summed E-state index contributed by atoms with van der Waals surface area (Å²) in [6.45, 7) is 4.82. The molecule has 7 atom stereocenters. The monoisotopic (exact) mass is 290 g/mol. The van der Waals surface area contributed by atoms with Gasteiger partial charge in [-0.3, -0.25) is 0 Å². The Kier molecular flexibility index (Phi) is 3.03. The molecule has 0 radical (unpaired) electrons. The molecule has 118 valence electrons. The Morgan fingerprint density at radius 3 is 2.67 bits per heavy atom. The molecule has 4 aliphatic carbocycles. The van der Waals surface area contributed by atoms with Crippen molar-refractivity contribution in [2.75, 3.05) is 0 Å². The van der Waals surface area contributed by atoms with Crippen LogP contribution >= 0.6 is 0 Å². The summed E-state index contributed by atoms with van der Waals surface area (Å²) in [5.74, 6) is 3.69. The number of hydrogen-bond acceptors (Lipinski definition) is 2. The highest BCUT2D eigenvalue weighted by Crippen LogP contribution is 2.65. The summed E-state index contributed by atoms with van der Waals surface area (Å²) in [4.78, 5) is 0. The molecular formula is C19H30O2. The van der Waals surface area contributed by atoms with Gasteiger partial charge in [0.05, 0.1) is 11.9 Å². The molecule has 4 aliphatic rings. The predicted molar refractivity (Wildman–Crippen MR) is 83.8 cm³/mol. The number of aliphatic hydroxyl groups is 2. The van der Waals surface area contributed by atoms with Crippen LogP contribution in [0.5, 0.6) is 0 Å². The molecule has 0 bridgehead atoms. The van der Waals surface area contributed by atoms with Gasteiger partial charge < -0.3 is 10.2 Å². The molecule has 1 unspecified atom stereocenters. The maximum atomic E-state index is 10.3. The summed E-state index contributed by atoms with van der Waals surface area (Å²) in [5.41, 5.74) is 0.514. The van der Waals surface area contributed by atoms with E-state index in [2.05, 4.69) is 19.9 Å². The van der Waals surface area contributed by atoms with E-state index in [0.29, 0.717) is 17.1 Å². The molecule has 3 saturated carbocycles. The second kappa shape index (κ2) is 4.50. The van der Waals surface area contributed by atoms with Crippen molar-refractivity contribution in [1.82, 2.24) is 0 Å². The minimum Gasteiger partial charge on any atom is -0.512 e. The van der Waals surface area contributed by atoms with E-state index in [4.69, 9.17) is 0 Å². The second-order valence-electron chi connectivity index (χ2n) is 8.87. The molecule has 0 saturated heterocycles.